The fourth-order valence-corrected chi connectivity index (χ4v) is 2.08. The molecular weight excluding hydrogens is 244 g/mol. The van der Waals surface area contributed by atoms with Crippen LogP contribution in [0, 0.1) is 0 Å². The van der Waals surface area contributed by atoms with Crippen molar-refractivity contribution in [3.8, 4) is 11.5 Å². The molecular formula is C14H18N2O3. The van der Waals surface area contributed by atoms with Gasteiger partial charge in [-0.1, -0.05) is 13.3 Å². The number of H-pyrrole nitrogens is 1. The number of benzene rings is 1. The number of methoxy groups -OCH3 is 2. The van der Waals surface area contributed by atoms with Gasteiger partial charge in [-0.15, -0.1) is 0 Å². The summed E-state index contributed by atoms with van der Waals surface area (Å²) in [5.74, 6) is 1.16. The molecule has 1 aromatic heterocycles. The van der Waals surface area contributed by atoms with E-state index in [9.17, 15) is 4.79 Å². The topological polar surface area (TPSA) is 64.2 Å². The lowest BCUT2D eigenvalue weighted by Gasteiger charge is -2.10. The van der Waals surface area contributed by atoms with Crippen LogP contribution in [-0.4, -0.2) is 24.4 Å². The number of aromatic amines is 1. The number of nitrogens with zero attached hydrogens (tertiary/aromatic N) is 1. The molecule has 0 radical (unpaired) electrons. The molecule has 0 bridgehead atoms. The van der Waals surface area contributed by atoms with Crippen LogP contribution in [0.5, 0.6) is 11.5 Å². The van der Waals surface area contributed by atoms with Crippen LogP contribution in [0.2, 0.25) is 0 Å². The highest BCUT2D eigenvalue weighted by Crippen LogP contribution is 2.31. The number of ether oxygens (including phenoxy) is 2. The van der Waals surface area contributed by atoms with E-state index in [-0.39, 0.29) is 5.56 Å². The zero-order valence-electron chi connectivity index (χ0n) is 11.4. The van der Waals surface area contributed by atoms with Crippen molar-refractivity contribution in [2.45, 2.75) is 26.2 Å². The molecule has 1 heterocycles. The zero-order chi connectivity index (χ0) is 13.8. The SMILES string of the molecule is CCCCc1n[nH]c(=O)c2cc(OC)c(OC)cc12. The summed E-state index contributed by atoms with van der Waals surface area (Å²) in [6.07, 6.45) is 2.94. The first-order valence-electron chi connectivity index (χ1n) is 6.34. The first-order valence-corrected chi connectivity index (χ1v) is 6.34. The third kappa shape index (κ3) is 2.54. The molecule has 0 atom stereocenters. The molecule has 0 saturated heterocycles. The highest BCUT2D eigenvalue weighted by Gasteiger charge is 2.12. The van der Waals surface area contributed by atoms with Gasteiger partial charge in [0.25, 0.3) is 5.56 Å². The van der Waals surface area contributed by atoms with Gasteiger partial charge in [-0.2, -0.15) is 5.10 Å². The Morgan fingerprint density at radius 1 is 1.16 bits per heavy atom. The monoisotopic (exact) mass is 262 g/mol. The fraction of sp³-hybridized carbons (Fsp3) is 0.429. The van der Waals surface area contributed by atoms with E-state index in [2.05, 4.69) is 17.1 Å². The zero-order valence-corrected chi connectivity index (χ0v) is 11.4. The van der Waals surface area contributed by atoms with E-state index in [0.29, 0.717) is 16.9 Å². The Kier molecular flexibility index (Phi) is 4.04. The van der Waals surface area contributed by atoms with Crippen molar-refractivity contribution in [1.82, 2.24) is 10.2 Å². The minimum atomic E-state index is -0.212. The van der Waals surface area contributed by atoms with Crippen LogP contribution in [0.3, 0.4) is 0 Å². The minimum absolute atomic E-state index is 0.212. The quantitative estimate of drug-likeness (QED) is 0.897. The van der Waals surface area contributed by atoms with E-state index < -0.39 is 0 Å². The Morgan fingerprint density at radius 3 is 2.37 bits per heavy atom. The molecule has 19 heavy (non-hydrogen) atoms. The standard InChI is InChI=1S/C14H18N2O3/c1-4-5-6-11-9-7-12(18-2)13(19-3)8-10(9)14(17)16-15-11/h7-8H,4-6H2,1-3H3,(H,16,17). The third-order valence-electron chi connectivity index (χ3n) is 3.14. The van der Waals surface area contributed by atoms with E-state index in [1.165, 1.54) is 0 Å². The number of nitrogens with one attached hydrogen (secondary N) is 1. The average Bonchev–Trinajstić information content (AvgIpc) is 2.45. The maximum atomic E-state index is 11.9. The van der Waals surface area contributed by atoms with E-state index in [0.717, 1.165) is 30.3 Å². The molecule has 2 aromatic rings. The van der Waals surface area contributed by atoms with E-state index >= 15 is 0 Å². The van der Waals surface area contributed by atoms with Crippen LogP contribution in [0.15, 0.2) is 16.9 Å². The van der Waals surface area contributed by atoms with Crippen molar-refractivity contribution in [3.63, 3.8) is 0 Å². The average molecular weight is 262 g/mol. The molecule has 0 unspecified atom stereocenters. The van der Waals surface area contributed by atoms with E-state index in [1.54, 1.807) is 20.3 Å². The van der Waals surface area contributed by atoms with Gasteiger partial charge >= 0.3 is 0 Å². The number of unbranched alkanes of at least 4 members (excludes halogenated alkanes) is 1. The molecule has 1 aromatic carbocycles. The van der Waals surface area contributed by atoms with Crippen molar-refractivity contribution in [1.29, 1.82) is 0 Å². The molecule has 0 fully saturated rings. The molecule has 0 aliphatic rings. The molecule has 0 spiro atoms. The molecule has 102 valence electrons. The molecule has 0 amide bonds. The Hall–Kier alpha value is -2.04. The van der Waals surface area contributed by atoms with Crippen LogP contribution < -0.4 is 15.0 Å². The number of hydrogen-bond acceptors (Lipinski definition) is 4. The van der Waals surface area contributed by atoms with Gasteiger partial charge in [-0.05, 0) is 25.0 Å². The van der Waals surface area contributed by atoms with Crippen LogP contribution in [-0.2, 0) is 6.42 Å². The van der Waals surface area contributed by atoms with Gasteiger partial charge < -0.3 is 9.47 Å². The third-order valence-corrected chi connectivity index (χ3v) is 3.14. The van der Waals surface area contributed by atoms with Crippen molar-refractivity contribution < 1.29 is 9.47 Å². The lowest BCUT2D eigenvalue weighted by Crippen LogP contribution is -2.11. The highest BCUT2D eigenvalue weighted by atomic mass is 16.5. The molecule has 0 aliphatic carbocycles. The smallest absolute Gasteiger partial charge is 0.272 e. The van der Waals surface area contributed by atoms with Gasteiger partial charge in [0.2, 0.25) is 0 Å². The molecule has 5 nitrogen and oxygen atoms in total. The molecule has 5 heteroatoms. The van der Waals surface area contributed by atoms with Gasteiger partial charge in [0.15, 0.2) is 11.5 Å². The molecule has 0 saturated carbocycles. The maximum absolute atomic E-state index is 11.9. The van der Waals surface area contributed by atoms with Crippen molar-refractivity contribution in [3.05, 3.63) is 28.2 Å². The summed E-state index contributed by atoms with van der Waals surface area (Å²) >= 11 is 0. The van der Waals surface area contributed by atoms with Gasteiger partial charge in [-0.25, -0.2) is 5.10 Å². The number of aryl methyl sites for hydroxylation is 1. The highest BCUT2D eigenvalue weighted by molar-refractivity contribution is 5.87. The van der Waals surface area contributed by atoms with Gasteiger partial charge in [-0.3, -0.25) is 4.79 Å². The second-order valence-electron chi connectivity index (χ2n) is 4.36. The minimum Gasteiger partial charge on any atom is -0.493 e. The van der Waals surface area contributed by atoms with Crippen molar-refractivity contribution in [2.75, 3.05) is 14.2 Å². The Balaban J connectivity index is 2.66. The fourth-order valence-electron chi connectivity index (χ4n) is 2.08. The number of rotatable bonds is 5. The second kappa shape index (κ2) is 5.73. The summed E-state index contributed by atoms with van der Waals surface area (Å²) < 4.78 is 10.5. The predicted molar refractivity (Wildman–Crippen MR) is 74.1 cm³/mol. The van der Waals surface area contributed by atoms with Gasteiger partial charge in [0.05, 0.1) is 25.3 Å². The van der Waals surface area contributed by atoms with E-state index in [4.69, 9.17) is 9.47 Å². The largest absolute Gasteiger partial charge is 0.493 e. The number of hydrogen-bond donors (Lipinski definition) is 1. The lowest BCUT2D eigenvalue weighted by molar-refractivity contribution is 0.356. The summed E-state index contributed by atoms with van der Waals surface area (Å²) in [6, 6.07) is 3.52. The van der Waals surface area contributed by atoms with Crippen molar-refractivity contribution >= 4 is 10.8 Å². The van der Waals surface area contributed by atoms with Crippen LogP contribution in [0.1, 0.15) is 25.5 Å². The van der Waals surface area contributed by atoms with Crippen LogP contribution >= 0.6 is 0 Å². The van der Waals surface area contributed by atoms with Crippen LogP contribution in [0.4, 0.5) is 0 Å². The second-order valence-corrected chi connectivity index (χ2v) is 4.36. The van der Waals surface area contributed by atoms with Gasteiger partial charge in [0, 0.05) is 5.39 Å². The Bertz CT molecular complexity index is 634. The van der Waals surface area contributed by atoms with Gasteiger partial charge in [0.1, 0.15) is 0 Å². The van der Waals surface area contributed by atoms with E-state index in [1.807, 2.05) is 6.07 Å². The Morgan fingerprint density at radius 2 is 1.79 bits per heavy atom. The summed E-state index contributed by atoms with van der Waals surface area (Å²) in [6.45, 7) is 2.12. The number of aromatic nitrogens is 2. The summed E-state index contributed by atoms with van der Waals surface area (Å²) in [5, 5.41) is 8.09. The summed E-state index contributed by atoms with van der Waals surface area (Å²) in [5.41, 5.74) is 0.675. The summed E-state index contributed by atoms with van der Waals surface area (Å²) in [7, 11) is 3.13. The first-order chi connectivity index (χ1) is 9.21. The maximum Gasteiger partial charge on any atom is 0.272 e. The van der Waals surface area contributed by atoms with Crippen molar-refractivity contribution in [2.24, 2.45) is 0 Å². The summed E-state index contributed by atoms with van der Waals surface area (Å²) in [4.78, 5) is 11.9. The normalized spacial score (nSPS) is 10.7. The van der Waals surface area contributed by atoms with Crippen LogP contribution in [0.25, 0.3) is 10.8 Å². The lowest BCUT2D eigenvalue weighted by atomic mass is 10.1. The predicted octanol–water partition coefficient (Wildman–Crippen LogP) is 2.28. The molecule has 2 rings (SSSR count). The first kappa shape index (κ1) is 13.4. The Labute approximate surface area is 111 Å². The molecule has 0 aliphatic heterocycles. The molecule has 1 N–H and O–H groups in total. The number of fused-ring (bicyclic) bond motifs is 1.